The number of rotatable bonds is 4. The molecule has 0 aromatic heterocycles. The standard InChI is InChI=1S/C24H21F10NO2/c1-3-16-11-18(20(25)12-7-14(23(29,30)31)9-15(8-12)24(32,33)34)17-10-13(22(26,27)28)5-6-19(17)35(16)21(36)37-4-2/h5-10,16,18,20H,3-4,11H2,1-2H3/t16-,18-,20+/m1/s1. The zero-order chi connectivity index (χ0) is 27.9. The summed E-state index contributed by atoms with van der Waals surface area (Å²) in [7, 11) is 0. The van der Waals surface area contributed by atoms with E-state index in [2.05, 4.69) is 0 Å². The fraction of sp³-hybridized carbons (Fsp3) is 0.458. The molecule has 0 radical (unpaired) electrons. The van der Waals surface area contributed by atoms with Crippen LogP contribution in [0.15, 0.2) is 36.4 Å². The smallest absolute Gasteiger partial charge is 0.416 e. The summed E-state index contributed by atoms with van der Waals surface area (Å²) >= 11 is 0. The van der Waals surface area contributed by atoms with Gasteiger partial charge >= 0.3 is 24.6 Å². The SMILES string of the molecule is CCOC(=O)N1c2ccc(C(F)(F)F)cc2[C@H]([C@@H](F)c2cc(C(F)(F)F)cc(C(F)(F)F)c2)C[C@H]1CC. The van der Waals surface area contributed by atoms with Crippen molar-refractivity contribution in [3.05, 3.63) is 64.2 Å². The molecule has 2 aromatic carbocycles. The van der Waals surface area contributed by atoms with Crippen LogP contribution >= 0.6 is 0 Å². The Morgan fingerprint density at radius 2 is 1.43 bits per heavy atom. The van der Waals surface area contributed by atoms with Gasteiger partial charge in [-0.1, -0.05) is 6.92 Å². The maximum Gasteiger partial charge on any atom is 0.416 e. The Kier molecular flexibility index (Phi) is 7.76. The summed E-state index contributed by atoms with van der Waals surface area (Å²) < 4.78 is 141. The number of ether oxygens (including phenoxy) is 1. The molecule has 2 aromatic rings. The van der Waals surface area contributed by atoms with E-state index in [4.69, 9.17) is 4.74 Å². The van der Waals surface area contributed by atoms with E-state index in [0.717, 1.165) is 11.0 Å². The summed E-state index contributed by atoms with van der Waals surface area (Å²) in [6.45, 7) is 2.99. The van der Waals surface area contributed by atoms with Gasteiger partial charge in [-0.25, -0.2) is 9.18 Å². The number of hydrogen-bond acceptors (Lipinski definition) is 2. The van der Waals surface area contributed by atoms with E-state index in [1.54, 1.807) is 6.92 Å². The molecule has 0 unspecified atom stereocenters. The van der Waals surface area contributed by atoms with E-state index < -0.39 is 65.0 Å². The van der Waals surface area contributed by atoms with E-state index in [1.807, 2.05) is 0 Å². The topological polar surface area (TPSA) is 29.5 Å². The minimum Gasteiger partial charge on any atom is -0.449 e. The lowest BCUT2D eigenvalue weighted by atomic mass is 9.79. The molecule has 204 valence electrons. The van der Waals surface area contributed by atoms with Crippen molar-refractivity contribution in [3.8, 4) is 0 Å². The van der Waals surface area contributed by atoms with Crippen molar-refractivity contribution in [2.75, 3.05) is 11.5 Å². The normalized spacial score (nSPS) is 19.4. The summed E-state index contributed by atoms with van der Waals surface area (Å²) in [6, 6.07) is 1.55. The van der Waals surface area contributed by atoms with Crippen LogP contribution in [0.4, 0.5) is 54.4 Å². The van der Waals surface area contributed by atoms with Gasteiger partial charge in [-0.3, -0.25) is 4.90 Å². The highest BCUT2D eigenvalue weighted by atomic mass is 19.4. The van der Waals surface area contributed by atoms with Crippen molar-refractivity contribution >= 4 is 11.8 Å². The van der Waals surface area contributed by atoms with Crippen LogP contribution in [0.3, 0.4) is 0 Å². The Balaban J connectivity index is 2.22. The van der Waals surface area contributed by atoms with E-state index >= 15 is 4.39 Å². The third kappa shape index (κ3) is 5.96. The number of alkyl halides is 10. The van der Waals surface area contributed by atoms with Crippen molar-refractivity contribution in [2.24, 2.45) is 0 Å². The Hall–Kier alpha value is -2.99. The maximum absolute atomic E-state index is 15.9. The van der Waals surface area contributed by atoms with Crippen molar-refractivity contribution in [1.29, 1.82) is 0 Å². The van der Waals surface area contributed by atoms with Crippen LogP contribution in [0.5, 0.6) is 0 Å². The van der Waals surface area contributed by atoms with Crippen LogP contribution < -0.4 is 4.90 Å². The van der Waals surface area contributed by atoms with Crippen LogP contribution in [-0.4, -0.2) is 18.7 Å². The largest absolute Gasteiger partial charge is 0.449 e. The van der Waals surface area contributed by atoms with Crippen LogP contribution in [-0.2, 0) is 23.3 Å². The maximum atomic E-state index is 15.9. The molecule has 3 rings (SSSR count). The molecule has 1 amide bonds. The number of benzene rings is 2. The van der Waals surface area contributed by atoms with Gasteiger partial charge < -0.3 is 4.74 Å². The predicted molar refractivity (Wildman–Crippen MR) is 113 cm³/mol. The zero-order valence-corrected chi connectivity index (χ0v) is 19.4. The highest BCUT2D eigenvalue weighted by molar-refractivity contribution is 5.90. The van der Waals surface area contributed by atoms with Crippen molar-refractivity contribution in [1.82, 2.24) is 0 Å². The monoisotopic (exact) mass is 545 g/mol. The average molecular weight is 545 g/mol. The number of carbonyl (C=O) groups is 1. The van der Waals surface area contributed by atoms with Crippen molar-refractivity contribution in [3.63, 3.8) is 0 Å². The van der Waals surface area contributed by atoms with Gasteiger partial charge in [-0.05, 0) is 67.3 Å². The lowest BCUT2D eigenvalue weighted by molar-refractivity contribution is -0.143. The van der Waals surface area contributed by atoms with E-state index in [1.165, 1.54) is 6.92 Å². The lowest BCUT2D eigenvalue weighted by Gasteiger charge is -2.41. The molecule has 3 atom stereocenters. The summed E-state index contributed by atoms with van der Waals surface area (Å²) in [6.07, 6.45) is -19.1. The second-order valence-electron chi connectivity index (χ2n) is 8.49. The number of amides is 1. The second kappa shape index (κ2) is 10.1. The molecule has 0 saturated heterocycles. The second-order valence-corrected chi connectivity index (χ2v) is 8.49. The minimum atomic E-state index is -5.24. The predicted octanol–water partition coefficient (Wildman–Crippen LogP) is 8.68. The third-order valence-corrected chi connectivity index (χ3v) is 6.12. The van der Waals surface area contributed by atoms with Gasteiger partial charge in [-0.15, -0.1) is 0 Å². The number of halogens is 10. The molecular formula is C24H21F10NO2. The van der Waals surface area contributed by atoms with E-state index in [0.29, 0.717) is 12.1 Å². The van der Waals surface area contributed by atoms with Gasteiger partial charge in [0.15, 0.2) is 0 Å². The Morgan fingerprint density at radius 1 is 0.892 bits per heavy atom. The fourth-order valence-electron chi connectivity index (χ4n) is 4.41. The first-order valence-corrected chi connectivity index (χ1v) is 11.1. The first-order valence-electron chi connectivity index (χ1n) is 11.1. The summed E-state index contributed by atoms with van der Waals surface area (Å²) in [5.74, 6) is -1.59. The molecule has 0 bridgehead atoms. The first kappa shape index (κ1) is 28.6. The van der Waals surface area contributed by atoms with Crippen LogP contribution in [0.25, 0.3) is 0 Å². The van der Waals surface area contributed by atoms with Gasteiger partial charge in [0.1, 0.15) is 6.17 Å². The minimum absolute atomic E-state index is 0.0820. The molecule has 0 aliphatic carbocycles. The zero-order valence-electron chi connectivity index (χ0n) is 19.4. The third-order valence-electron chi connectivity index (χ3n) is 6.12. The molecule has 1 aliphatic heterocycles. The van der Waals surface area contributed by atoms with Crippen LogP contribution in [0.1, 0.15) is 66.6 Å². The molecular weight excluding hydrogens is 524 g/mol. The molecule has 1 aliphatic rings. The summed E-state index contributed by atoms with van der Waals surface area (Å²) in [5, 5.41) is 0. The summed E-state index contributed by atoms with van der Waals surface area (Å²) in [4.78, 5) is 13.6. The van der Waals surface area contributed by atoms with Crippen LogP contribution in [0, 0.1) is 0 Å². The molecule has 0 saturated carbocycles. The van der Waals surface area contributed by atoms with Gasteiger partial charge in [0, 0.05) is 12.0 Å². The molecule has 1 heterocycles. The van der Waals surface area contributed by atoms with E-state index in [9.17, 15) is 44.3 Å². The van der Waals surface area contributed by atoms with Gasteiger partial charge in [0.25, 0.3) is 0 Å². The molecule has 0 spiro atoms. The average Bonchev–Trinajstić information content (AvgIpc) is 2.80. The van der Waals surface area contributed by atoms with Gasteiger partial charge in [-0.2, -0.15) is 39.5 Å². The Bertz CT molecular complexity index is 1110. The molecule has 0 fully saturated rings. The number of carbonyl (C=O) groups excluding carboxylic acids is 1. The lowest BCUT2D eigenvalue weighted by Crippen LogP contribution is -2.45. The summed E-state index contributed by atoms with van der Waals surface area (Å²) in [5.41, 5.74) is -6.26. The van der Waals surface area contributed by atoms with Gasteiger partial charge in [0.05, 0.1) is 29.0 Å². The highest BCUT2D eigenvalue weighted by Gasteiger charge is 2.44. The molecule has 13 heteroatoms. The van der Waals surface area contributed by atoms with Crippen molar-refractivity contribution in [2.45, 2.75) is 63.3 Å². The fourth-order valence-corrected chi connectivity index (χ4v) is 4.41. The van der Waals surface area contributed by atoms with Crippen LogP contribution in [0.2, 0.25) is 0 Å². The number of anilines is 1. The number of fused-ring (bicyclic) bond motifs is 1. The number of hydrogen-bond donors (Lipinski definition) is 0. The molecule has 0 N–H and O–H groups in total. The Morgan fingerprint density at radius 3 is 1.89 bits per heavy atom. The van der Waals surface area contributed by atoms with Gasteiger partial charge in [0.2, 0.25) is 0 Å². The van der Waals surface area contributed by atoms with Crippen molar-refractivity contribution < 1.29 is 53.4 Å². The molecule has 3 nitrogen and oxygen atoms in total. The quantitative estimate of drug-likeness (QED) is 0.360. The first-order chi connectivity index (χ1) is 17.0. The molecule has 37 heavy (non-hydrogen) atoms. The van der Waals surface area contributed by atoms with E-state index in [-0.39, 0.29) is 48.9 Å². The highest BCUT2D eigenvalue weighted by Crippen LogP contribution is 2.50. The number of nitrogens with zero attached hydrogens (tertiary/aromatic N) is 1. The Labute approximate surface area is 205 Å².